The molecule has 1 rings (SSSR count). The average Bonchev–Trinajstić information content (AvgIpc) is 2.27. The maximum atomic E-state index is 2.41. The van der Waals surface area contributed by atoms with Gasteiger partial charge in [-0.15, -0.1) is 0 Å². The van der Waals surface area contributed by atoms with Gasteiger partial charge in [0.05, 0.1) is 0 Å². The molecule has 0 aromatic rings. The molecule has 0 bridgehead atoms. The minimum atomic E-state index is 0.905. The van der Waals surface area contributed by atoms with E-state index in [9.17, 15) is 0 Å². The molecule has 0 saturated heterocycles. The van der Waals surface area contributed by atoms with E-state index in [0.29, 0.717) is 0 Å². The Morgan fingerprint density at radius 3 is 2.33 bits per heavy atom. The zero-order valence-electron chi connectivity index (χ0n) is 10.7. The molecule has 15 heavy (non-hydrogen) atoms. The van der Waals surface area contributed by atoms with Gasteiger partial charge in [0.2, 0.25) is 0 Å². The van der Waals surface area contributed by atoms with E-state index in [1.54, 1.807) is 0 Å². The van der Waals surface area contributed by atoms with Crippen LogP contribution < -0.4 is 0 Å². The first kappa shape index (κ1) is 12.8. The number of unbranched alkanes of at least 4 members (excludes halogenated alkanes) is 3. The molecule has 0 radical (unpaired) electrons. The van der Waals surface area contributed by atoms with Crippen molar-refractivity contribution < 1.29 is 0 Å². The van der Waals surface area contributed by atoms with Gasteiger partial charge in [-0.05, 0) is 44.4 Å². The van der Waals surface area contributed by atoms with E-state index in [4.69, 9.17) is 0 Å². The number of hydrogen-bond donors (Lipinski definition) is 0. The molecule has 1 fully saturated rings. The van der Waals surface area contributed by atoms with Gasteiger partial charge < -0.3 is 0 Å². The summed E-state index contributed by atoms with van der Waals surface area (Å²) in [6, 6.07) is 0. The van der Waals surface area contributed by atoms with E-state index in [0.717, 1.165) is 11.8 Å². The number of rotatable bonds is 6. The molecule has 1 aliphatic rings. The second-order valence-electron chi connectivity index (χ2n) is 5.16. The monoisotopic (exact) mass is 208 g/mol. The summed E-state index contributed by atoms with van der Waals surface area (Å²) >= 11 is 0. The lowest BCUT2D eigenvalue weighted by Gasteiger charge is -2.26. The summed E-state index contributed by atoms with van der Waals surface area (Å²) in [6.45, 7) is 4.44. The van der Waals surface area contributed by atoms with Crippen LogP contribution in [0.25, 0.3) is 0 Å². The lowest BCUT2D eigenvalue weighted by atomic mass is 9.79. The van der Waals surface area contributed by atoms with Gasteiger partial charge in [-0.2, -0.15) is 0 Å². The third-order valence-corrected chi connectivity index (χ3v) is 3.82. The smallest absolute Gasteiger partial charge is 0.0233 e. The predicted octanol–water partition coefficient (Wildman–Crippen LogP) is 5.34. The van der Waals surface area contributed by atoms with Crippen molar-refractivity contribution in [3.05, 3.63) is 12.2 Å². The van der Waals surface area contributed by atoms with Crippen molar-refractivity contribution in [2.45, 2.75) is 71.6 Å². The molecule has 1 saturated carbocycles. The van der Waals surface area contributed by atoms with Gasteiger partial charge in [-0.3, -0.25) is 0 Å². The predicted molar refractivity (Wildman–Crippen MR) is 69.0 cm³/mol. The van der Waals surface area contributed by atoms with Crippen molar-refractivity contribution in [2.24, 2.45) is 11.8 Å². The fourth-order valence-corrected chi connectivity index (χ4v) is 2.80. The summed E-state index contributed by atoms with van der Waals surface area (Å²) in [5.74, 6) is 1.96. The number of hydrogen-bond acceptors (Lipinski definition) is 0. The first-order valence-electron chi connectivity index (χ1n) is 6.99. The van der Waals surface area contributed by atoms with Crippen molar-refractivity contribution in [3.8, 4) is 0 Å². The molecule has 1 aliphatic carbocycles. The van der Waals surface area contributed by atoms with Crippen LogP contribution in [0.3, 0.4) is 0 Å². The van der Waals surface area contributed by atoms with Crippen LogP contribution in [0.2, 0.25) is 0 Å². The van der Waals surface area contributed by atoms with Crippen LogP contribution in [0, 0.1) is 11.8 Å². The van der Waals surface area contributed by atoms with Gasteiger partial charge >= 0.3 is 0 Å². The topological polar surface area (TPSA) is 0 Å². The number of allylic oxidation sites excluding steroid dienone is 2. The zero-order chi connectivity index (χ0) is 10.9. The first-order valence-corrected chi connectivity index (χ1v) is 6.99. The van der Waals surface area contributed by atoms with E-state index in [2.05, 4.69) is 26.0 Å². The molecular weight excluding hydrogens is 180 g/mol. The molecule has 0 heteroatoms. The molecule has 0 atom stereocenters. The Balaban J connectivity index is 2.04. The molecule has 0 unspecified atom stereocenters. The van der Waals surface area contributed by atoms with Crippen LogP contribution in [-0.2, 0) is 0 Å². The van der Waals surface area contributed by atoms with Gasteiger partial charge in [0.1, 0.15) is 0 Å². The van der Waals surface area contributed by atoms with E-state index < -0.39 is 0 Å². The summed E-state index contributed by atoms with van der Waals surface area (Å²) in [4.78, 5) is 0. The van der Waals surface area contributed by atoms with Crippen LogP contribution in [0.4, 0.5) is 0 Å². The maximum Gasteiger partial charge on any atom is -0.0233 e. The highest BCUT2D eigenvalue weighted by molar-refractivity contribution is 4.88. The van der Waals surface area contributed by atoms with Crippen LogP contribution in [0.15, 0.2) is 12.2 Å². The van der Waals surface area contributed by atoms with E-state index in [1.807, 2.05) is 0 Å². The summed E-state index contributed by atoms with van der Waals surface area (Å²) < 4.78 is 0. The lowest BCUT2D eigenvalue weighted by Crippen LogP contribution is -2.12. The summed E-state index contributed by atoms with van der Waals surface area (Å²) in [7, 11) is 0. The Morgan fingerprint density at radius 2 is 1.73 bits per heavy atom. The molecular formula is C15H28. The second kappa shape index (κ2) is 7.96. The zero-order valence-corrected chi connectivity index (χ0v) is 10.7. The van der Waals surface area contributed by atoms with Gasteiger partial charge in [-0.1, -0.05) is 51.2 Å². The minimum Gasteiger partial charge on any atom is -0.0914 e. The largest absolute Gasteiger partial charge is 0.0914 e. The van der Waals surface area contributed by atoms with Crippen LogP contribution in [0.5, 0.6) is 0 Å². The molecule has 0 heterocycles. The van der Waals surface area contributed by atoms with Crippen molar-refractivity contribution in [3.63, 3.8) is 0 Å². The molecule has 0 spiro atoms. The Morgan fingerprint density at radius 1 is 1.00 bits per heavy atom. The Bertz CT molecular complexity index is 161. The highest BCUT2D eigenvalue weighted by atomic mass is 14.2. The van der Waals surface area contributed by atoms with Crippen LogP contribution in [-0.4, -0.2) is 0 Å². The molecule has 0 nitrogen and oxygen atoms in total. The summed E-state index contributed by atoms with van der Waals surface area (Å²) in [5, 5.41) is 0. The van der Waals surface area contributed by atoms with Gasteiger partial charge in [0.25, 0.3) is 0 Å². The third kappa shape index (κ3) is 5.39. The van der Waals surface area contributed by atoms with Gasteiger partial charge in [-0.25, -0.2) is 0 Å². The molecule has 0 amide bonds. The van der Waals surface area contributed by atoms with Crippen LogP contribution in [0.1, 0.15) is 71.6 Å². The summed E-state index contributed by atoms with van der Waals surface area (Å²) in [5.41, 5.74) is 0. The quantitative estimate of drug-likeness (QED) is 0.408. The van der Waals surface area contributed by atoms with E-state index >= 15 is 0 Å². The highest BCUT2D eigenvalue weighted by Gasteiger charge is 2.18. The molecule has 0 aromatic carbocycles. The minimum absolute atomic E-state index is 0.905. The van der Waals surface area contributed by atoms with Gasteiger partial charge in [0, 0.05) is 0 Å². The maximum absolute atomic E-state index is 2.41. The Hall–Kier alpha value is -0.260. The fraction of sp³-hybridized carbons (Fsp3) is 0.867. The van der Waals surface area contributed by atoms with E-state index in [1.165, 1.54) is 57.8 Å². The Labute approximate surface area is 96.2 Å². The van der Waals surface area contributed by atoms with Crippen molar-refractivity contribution in [1.29, 1.82) is 0 Å². The highest BCUT2D eigenvalue weighted by Crippen LogP contribution is 2.32. The lowest BCUT2D eigenvalue weighted by molar-refractivity contribution is 0.288. The SMILES string of the molecule is C/C=C/C1CCC(CCCCCC)CC1. The first-order chi connectivity index (χ1) is 7.36. The van der Waals surface area contributed by atoms with E-state index in [-0.39, 0.29) is 0 Å². The van der Waals surface area contributed by atoms with Crippen molar-refractivity contribution >= 4 is 0 Å². The molecule has 0 N–H and O–H groups in total. The average molecular weight is 208 g/mol. The molecule has 88 valence electrons. The Kier molecular flexibility index (Phi) is 6.80. The fourth-order valence-electron chi connectivity index (χ4n) is 2.80. The normalized spacial score (nSPS) is 27.3. The van der Waals surface area contributed by atoms with Crippen molar-refractivity contribution in [2.75, 3.05) is 0 Å². The van der Waals surface area contributed by atoms with Crippen molar-refractivity contribution in [1.82, 2.24) is 0 Å². The molecule has 0 aliphatic heterocycles. The third-order valence-electron chi connectivity index (χ3n) is 3.82. The van der Waals surface area contributed by atoms with Crippen LogP contribution >= 0.6 is 0 Å². The standard InChI is InChI=1S/C15H28/c1-3-5-6-7-9-15-12-10-14(8-4-2)11-13-15/h4,8,14-15H,3,5-7,9-13H2,1-2H3/b8-4+. The van der Waals surface area contributed by atoms with Gasteiger partial charge in [0.15, 0.2) is 0 Å². The summed E-state index contributed by atoms with van der Waals surface area (Å²) in [6.07, 6.45) is 17.8. The molecule has 0 aromatic heterocycles. The second-order valence-corrected chi connectivity index (χ2v) is 5.16.